The van der Waals surface area contributed by atoms with E-state index in [9.17, 15) is 9.59 Å². The number of aliphatic carboxylic acids is 1. The SMILES string of the molecule is O=C(O)[C@H]1CC[C@@H](C(=O)NC2CCCCCCC2)C1. The van der Waals surface area contributed by atoms with Crippen molar-refractivity contribution in [1.82, 2.24) is 5.32 Å². The first kappa shape index (κ1) is 14.4. The summed E-state index contributed by atoms with van der Waals surface area (Å²) in [6, 6.07) is 0.316. The Morgan fingerprint density at radius 1 is 0.842 bits per heavy atom. The summed E-state index contributed by atoms with van der Waals surface area (Å²) in [4.78, 5) is 23.1. The van der Waals surface area contributed by atoms with E-state index in [1.807, 2.05) is 0 Å². The summed E-state index contributed by atoms with van der Waals surface area (Å²) in [7, 11) is 0. The van der Waals surface area contributed by atoms with Crippen LogP contribution in [0, 0.1) is 11.8 Å². The van der Waals surface area contributed by atoms with Crippen molar-refractivity contribution >= 4 is 11.9 Å². The van der Waals surface area contributed by atoms with E-state index in [4.69, 9.17) is 5.11 Å². The first-order chi connectivity index (χ1) is 9.16. The van der Waals surface area contributed by atoms with Crippen LogP contribution in [0.3, 0.4) is 0 Å². The van der Waals surface area contributed by atoms with Crippen LogP contribution in [0.25, 0.3) is 0 Å². The second kappa shape index (κ2) is 6.92. The number of nitrogens with one attached hydrogen (secondary N) is 1. The molecule has 0 aromatic heterocycles. The van der Waals surface area contributed by atoms with Crippen LogP contribution >= 0.6 is 0 Å². The Morgan fingerprint density at radius 3 is 2.00 bits per heavy atom. The van der Waals surface area contributed by atoms with Crippen molar-refractivity contribution in [3.63, 3.8) is 0 Å². The first-order valence-corrected chi connectivity index (χ1v) is 7.70. The molecule has 2 rings (SSSR count). The lowest BCUT2D eigenvalue weighted by molar-refractivity contribution is -0.141. The van der Waals surface area contributed by atoms with E-state index in [1.54, 1.807) is 0 Å². The summed E-state index contributed by atoms with van der Waals surface area (Å²) in [6.45, 7) is 0. The van der Waals surface area contributed by atoms with Crippen molar-refractivity contribution in [2.75, 3.05) is 0 Å². The molecule has 4 heteroatoms. The molecule has 4 nitrogen and oxygen atoms in total. The van der Waals surface area contributed by atoms with Gasteiger partial charge in [0.1, 0.15) is 0 Å². The van der Waals surface area contributed by atoms with Gasteiger partial charge in [-0.25, -0.2) is 0 Å². The van der Waals surface area contributed by atoms with Crippen molar-refractivity contribution in [3.05, 3.63) is 0 Å². The highest BCUT2D eigenvalue weighted by atomic mass is 16.4. The number of carboxylic acids is 1. The van der Waals surface area contributed by atoms with E-state index >= 15 is 0 Å². The van der Waals surface area contributed by atoms with Gasteiger partial charge >= 0.3 is 5.97 Å². The summed E-state index contributed by atoms with van der Waals surface area (Å²) < 4.78 is 0. The number of carbonyl (C=O) groups is 2. The topological polar surface area (TPSA) is 66.4 Å². The van der Waals surface area contributed by atoms with Crippen molar-refractivity contribution in [2.45, 2.75) is 70.3 Å². The molecule has 0 aromatic carbocycles. The zero-order chi connectivity index (χ0) is 13.7. The summed E-state index contributed by atoms with van der Waals surface area (Å²) in [5.41, 5.74) is 0. The van der Waals surface area contributed by atoms with Crippen LogP contribution in [0.2, 0.25) is 0 Å². The maximum atomic E-state index is 12.2. The molecule has 0 heterocycles. The predicted octanol–water partition coefficient (Wildman–Crippen LogP) is 2.72. The van der Waals surface area contributed by atoms with E-state index in [-0.39, 0.29) is 17.7 Å². The Labute approximate surface area is 115 Å². The van der Waals surface area contributed by atoms with Gasteiger partial charge in [0.2, 0.25) is 5.91 Å². The van der Waals surface area contributed by atoms with E-state index < -0.39 is 5.97 Å². The number of rotatable bonds is 3. The molecule has 0 saturated heterocycles. The molecule has 0 aromatic rings. The molecule has 2 aliphatic carbocycles. The van der Waals surface area contributed by atoms with Gasteiger partial charge in [-0.05, 0) is 32.1 Å². The molecule has 2 atom stereocenters. The number of amides is 1. The van der Waals surface area contributed by atoms with Crippen molar-refractivity contribution in [1.29, 1.82) is 0 Å². The maximum Gasteiger partial charge on any atom is 0.306 e. The summed E-state index contributed by atoms with van der Waals surface area (Å²) >= 11 is 0. The van der Waals surface area contributed by atoms with Crippen molar-refractivity contribution in [3.8, 4) is 0 Å². The fraction of sp³-hybridized carbons (Fsp3) is 0.867. The lowest BCUT2D eigenvalue weighted by Gasteiger charge is -2.22. The number of hydrogen-bond donors (Lipinski definition) is 2. The average molecular weight is 267 g/mol. The van der Waals surface area contributed by atoms with Gasteiger partial charge < -0.3 is 10.4 Å². The van der Waals surface area contributed by atoms with Crippen molar-refractivity contribution < 1.29 is 14.7 Å². The fourth-order valence-electron chi connectivity index (χ4n) is 3.36. The van der Waals surface area contributed by atoms with Gasteiger partial charge in [-0.3, -0.25) is 9.59 Å². The number of carboxylic acid groups (broad SMARTS) is 1. The fourth-order valence-corrected chi connectivity index (χ4v) is 3.36. The second-order valence-electron chi connectivity index (χ2n) is 6.10. The summed E-state index contributed by atoms with van der Waals surface area (Å²) in [5.74, 6) is -1.05. The maximum absolute atomic E-state index is 12.2. The zero-order valence-corrected chi connectivity index (χ0v) is 11.6. The molecule has 2 fully saturated rings. The zero-order valence-electron chi connectivity index (χ0n) is 11.6. The molecule has 0 bridgehead atoms. The molecular formula is C15H25NO3. The highest BCUT2D eigenvalue weighted by Gasteiger charge is 2.34. The highest BCUT2D eigenvalue weighted by Crippen LogP contribution is 2.31. The lowest BCUT2D eigenvalue weighted by Crippen LogP contribution is -2.38. The van der Waals surface area contributed by atoms with Crippen molar-refractivity contribution in [2.24, 2.45) is 11.8 Å². The minimum absolute atomic E-state index is 0.0773. The van der Waals surface area contributed by atoms with Gasteiger partial charge in [0.05, 0.1) is 5.92 Å². The van der Waals surface area contributed by atoms with Gasteiger partial charge in [-0.1, -0.05) is 32.1 Å². The van der Waals surface area contributed by atoms with Crippen LogP contribution in [0.4, 0.5) is 0 Å². The smallest absolute Gasteiger partial charge is 0.306 e. The normalized spacial score (nSPS) is 29.5. The van der Waals surface area contributed by atoms with Crippen LogP contribution in [-0.4, -0.2) is 23.0 Å². The molecule has 0 radical (unpaired) electrons. The van der Waals surface area contributed by atoms with Crippen LogP contribution in [0.5, 0.6) is 0 Å². The third-order valence-corrected chi connectivity index (χ3v) is 4.60. The number of hydrogen-bond acceptors (Lipinski definition) is 2. The molecule has 19 heavy (non-hydrogen) atoms. The molecule has 2 saturated carbocycles. The average Bonchev–Trinajstić information content (AvgIpc) is 2.82. The molecule has 0 aliphatic heterocycles. The minimum Gasteiger partial charge on any atom is -0.481 e. The Bertz CT molecular complexity index is 321. The third kappa shape index (κ3) is 4.22. The molecule has 2 aliphatic rings. The van der Waals surface area contributed by atoms with Gasteiger partial charge in [-0.2, -0.15) is 0 Å². The van der Waals surface area contributed by atoms with Crippen LogP contribution in [0.15, 0.2) is 0 Å². The molecular weight excluding hydrogens is 242 g/mol. The Balaban J connectivity index is 1.78. The summed E-state index contributed by atoms with van der Waals surface area (Å²) in [6.07, 6.45) is 10.3. The van der Waals surface area contributed by atoms with Crippen LogP contribution < -0.4 is 5.32 Å². The molecule has 108 valence electrons. The Kier molecular flexibility index (Phi) is 5.23. The van der Waals surface area contributed by atoms with E-state index in [0.717, 1.165) is 19.3 Å². The van der Waals surface area contributed by atoms with E-state index in [2.05, 4.69) is 5.32 Å². The minimum atomic E-state index is -0.749. The predicted molar refractivity (Wildman–Crippen MR) is 72.7 cm³/mol. The Hall–Kier alpha value is -1.06. The van der Waals surface area contributed by atoms with Gasteiger partial charge in [-0.15, -0.1) is 0 Å². The first-order valence-electron chi connectivity index (χ1n) is 7.70. The lowest BCUT2D eigenvalue weighted by atomic mass is 9.96. The van der Waals surface area contributed by atoms with E-state index in [0.29, 0.717) is 18.9 Å². The largest absolute Gasteiger partial charge is 0.481 e. The monoisotopic (exact) mass is 267 g/mol. The van der Waals surface area contributed by atoms with Gasteiger partial charge in [0.15, 0.2) is 0 Å². The Morgan fingerprint density at radius 2 is 1.42 bits per heavy atom. The van der Waals surface area contributed by atoms with Crippen LogP contribution in [-0.2, 0) is 9.59 Å². The molecule has 0 spiro atoms. The molecule has 1 amide bonds. The van der Waals surface area contributed by atoms with Gasteiger partial charge in [0, 0.05) is 12.0 Å². The summed E-state index contributed by atoms with van der Waals surface area (Å²) in [5, 5.41) is 12.1. The molecule has 0 unspecified atom stereocenters. The van der Waals surface area contributed by atoms with Gasteiger partial charge in [0.25, 0.3) is 0 Å². The molecule has 2 N–H and O–H groups in total. The quantitative estimate of drug-likeness (QED) is 0.826. The standard InChI is InChI=1S/C15H25NO3/c17-14(11-8-9-12(10-11)15(18)19)16-13-6-4-2-1-3-5-7-13/h11-13H,1-10H2,(H,16,17)(H,18,19)/t11-,12+/m1/s1. The highest BCUT2D eigenvalue weighted by molar-refractivity contribution is 5.81. The number of carbonyl (C=O) groups excluding carboxylic acids is 1. The van der Waals surface area contributed by atoms with E-state index in [1.165, 1.54) is 32.1 Å². The van der Waals surface area contributed by atoms with Crippen LogP contribution in [0.1, 0.15) is 64.2 Å². The second-order valence-corrected chi connectivity index (χ2v) is 6.10. The third-order valence-electron chi connectivity index (χ3n) is 4.60.